The third-order valence-corrected chi connectivity index (χ3v) is 12.0. The monoisotopic (exact) mass is 740 g/mol. The van der Waals surface area contributed by atoms with E-state index in [0.29, 0.717) is 0 Å². The molecular weight excluding hydrogens is 709 g/mol. The number of para-hydroxylation sites is 3. The molecular formula is C54H32N2O2. The molecule has 13 aromatic rings. The first-order valence-electron chi connectivity index (χ1n) is 19.7. The zero-order valence-electron chi connectivity index (χ0n) is 31.2. The highest BCUT2D eigenvalue weighted by molar-refractivity contribution is 6.22. The molecule has 0 aliphatic heterocycles. The fraction of sp³-hybridized carbons (Fsp3) is 0. The van der Waals surface area contributed by atoms with Crippen molar-refractivity contribution in [2.45, 2.75) is 0 Å². The Hall–Kier alpha value is -7.82. The van der Waals surface area contributed by atoms with E-state index in [0.717, 1.165) is 50.5 Å². The van der Waals surface area contributed by atoms with Gasteiger partial charge in [-0.25, -0.2) is 0 Å². The lowest BCUT2D eigenvalue weighted by Crippen LogP contribution is -2.01. The van der Waals surface area contributed by atoms with Crippen LogP contribution in [0.5, 0.6) is 0 Å². The van der Waals surface area contributed by atoms with Gasteiger partial charge in [0.15, 0.2) is 11.2 Å². The molecule has 4 heterocycles. The van der Waals surface area contributed by atoms with Crippen molar-refractivity contribution in [3.05, 3.63) is 194 Å². The molecule has 0 aliphatic rings. The molecule has 4 nitrogen and oxygen atoms in total. The lowest BCUT2D eigenvalue weighted by atomic mass is 9.98. The van der Waals surface area contributed by atoms with Crippen LogP contribution < -0.4 is 0 Å². The fourth-order valence-corrected chi connectivity index (χ4v) is 9.32. The van der Waals surface area contributed by atoms with E-state index in [1.807, 2.05) is 30.3 Å². The van der Waals surface area contributed by atoms with Gasteiger partial charge in [0.05, 0.1) is 16.4 Å². The summed E-state index contributed by atoms with van der Waals surface area (Å²) in [5.41, 5.74) is 11.6. The Morgan fingerprint density at radius 3 is 1.60 bits per heavy atom. The van der Waals surface area contributed by atoms with Gasteiger partial charge < -0.3 is 8.83 Å². The van der Waals surface area contributed by atoms with E-state index in [-0.39, 0.29) is 0 Å². The highest BCUT2D eigenvalue weighted by atomic mass is 16.4. The number of hydrogen-bond donors (Lipinski definition) is 0. The van der Waals surface area contributed by atoms with Gasteiger partial charge in [-0.1, -0.05) is 109 Å². The third-order valence-electron chi connectivity index (χ3n) is 12.0. The maximum absolute atomic E-state index is 6.39. The van der Waals surface area contributed by atoms with Crippen LogP contribution in [-0.4, -0.2) is 9.13 Å². The summed E-state index contributed by atoms with van der Waals surface area (Å²) in [4.78, 5) is 0. The largest absolute Gasteiger partial charge is 0.452 e. The van der Waals surface area contributed by atoms with Gasteiger partial charge in [0.1, 0.15) is 17.0 Å². The predicted octanol–water partition coefficient (Wildman–Crippen LogP) is 15.0. The Morgan fingerprint density at radius 1 is 0.328 bits per heavy atom. The SMILES string of the molecule is c1ccc(-c2ccc(-n3c4ccccc4c4c5ccccc5n(-c5ccc6cc7cc8ccc(-c9cc%10oc%11ccccc%11c%10o9)cc8cc7cc6c5)c43)cc2)cc1. The molecule has 0 unspecified atom stereocenters. The summed E-state index contributed by atoms with van der Waals surface area (Å²) in [6.45, 7) is 0. The van der Waals surface area contributed by atoms with E-state index in [1.165, 1.54) is 70.6 Å². The molecule has 9 aromatic carbocycles. The number of hydrogen-bond acceptors (Lipinski definition) is 2. The van der Waals surface area contributed by atoms with Crippen LogP contribution in [0.15, 0.2) is 203 Å². The van der Waals surface area contributed by atoms with Crippen molar-refractivity contribution in [1.29, 1.82) is 0 Å². The smallest absolute Gasteiger partial charge is 0.181 e. The number of benzene rings is 9. The van der Waals surface area contributed by atoms with Crippen molar-refractivity contribution in [3.8, 4) is 33.8 Å². The van der Waals surface area contributed by atoms with Crippen molar-refractivity contribution in [2.24, 2.45) is 0 Å². The molecule has 0 amide bonds. The Bertz CT molecular complexity index is 3780. The first-order chi connectivity index (χ1) is 28.7. The molecule has 0 bridgehead atoms. The molecule has 0 fully saturated rings. The van der Waals surface area contributed by atoms with Crippen LogP contribution in [0.3, 0.4) is 0 Å². The van der Waals surface area contributed by atoms with E-state index in [2.05, 4.69) is 173 Å². The Labute approximate surface area is 332 Å². The molecule has 0 aliphatic carbocycles. The maximum atomic E-state index is 6.39. The fourth-order valence-electron chi connectivity index (χ4n) is 9.32. The van der Waals surface area contributed by atoms with Crippen molar-refractivity contribution < 1.29 is 8.83 Å². The minimum atomic E-state index is 0.770. The zero-order valence-corrected chi connectivity index (χ0v) is 31.2. The highest BCUT2D eigenvalue weighted by Gasteiger charge is 2.22. The number of rotatable bonds is 4. The molecule has 0 spiro atoms. The Balaban J connectivity index is 0.979. The summed E-state index contributed by atoms with van der Waals surface area (Å²) in [6.07, 6.45) is 0. The second-order valence-corrected chi connectivity index (χ2v) is 15.4. The van der Waals surface area contributed by atoms with Gasteiger partial charge in [0.25, 0.3) is 0 Å². The Kier molecular flexibility index (Phi) is 6.41. The lowest BCUT2D eigenvalue weighted by molar-refractivity contribution is 0.630. The van der Waals surface area contributed by atoms with Crippen molar-refractivity contribution in [3.63, 3.8) is 0 Å². The molecule has 270 valence electrons. The van der Waals surface area contributed by atoms with Crippen LogP contribution in [0.1, 0.15) is 0 Å². The van der Waals surface area contributed by atoms with E-state index in [9.17, 15) is 0 Å². The van der Waals surface area contributed by atoms with E-state index >= 15 is 0 Å². The summed E-state index contributed by atoms with van der Waals surface area (Å²) in [5, 5.41) is 11.9. The summed E-state index contributed by atoms with van der Waals surface area (Å²) >= 11 is 0. The van der Waals surface area contributed by atoms with Crippen molar-refractivity contribution >= 4 is 87.3 Å². The van der Waals surface area contributed by atoms with Crippen LogP contribution in [-0.2, 0) is 0 Å². The Morgan fingerprint density at radius 2 is 0.862 bits per heavy atom. The molecule has 4 heteroatoms. The van der Waals surface area contributed by atoms with Crippen LogP contribution in [0.25, 0.3) is 121 Å². The number of nitrogens with zero attached hydrogens (tertiary/aromatic N) is 2. The van der Waals surface area contributed by atoms with Gasteiger partial charge in [-0.3, -0.25) is 9.13 Å². The predicted molar refractivity (Wildman–Crippen MR) is 241 cm³/mol. The summed E-state index contributed by atoms with van der Waals surface area (Å²) in [5.74, 6) is 0.805. The van der Waals surface area contributed by atoms with Gasteiger partial charge >= 0.3 is 0 Å². The number of fused-ring (bicyclic) bond motifs is 11. The van der Waals surface area contributed by atoms with Crippen LogP contribution in [0.4, 0.5) is 0 Å². The normalized spacial score (nSPS) is 12.1. The van der Waals surface area contributed by atoms with Gasteiger partial charge in [-0.05, 0) is 122 Å². The van der Waals surface area contributed by atoms with Crippen LogP contribution >= 0.6 is 0 Å². The number of furan rings is 2. The first-order valence-corrected chi connectivity index (χ1v) is 19.7. The molecule has 58 heavy (non-hydrogen) atoms. The topological polar surface area (TPSA) is 36.1 Å². The van der Waals surface area contributed by atoms with Gasteiger partial charge in [-0.2, -0.15) is 0 Å². The quantitative estimate of drug-likeness (QED) is 0.168. The van der Waals surface area contributed by atoms with E-state index in [4.69, 9.17) is 8.83 Å². The van der Waals surface area contributed by atoms with Crippen LogP contribution in [0.2, 0.25) is 0 Å². The lowest BCUT2D eigenvalue weighted by Gasteiger charge is -2.14. The van der Waals surface area contributed by atoms with Gasteiger partial charge in [0, 0.05) is 39.2 Å². The average Bonchev–Trinajstić information content (AvgIpc) is 4.03. The average molecular weight is 741 g/mol. The van der Waals surface area contributed by atoms with E-state index < -0.39 is 0 Å². The highest BCUT2D eigenvalue weighted by Crippen LogP contribution is 2.42. The van der Waals surface area contributed by atoms with Crippen LogP contribution in [0, 0.1) is 0 Å². The summed E-state index contributed by atoms with van der Waals surface area (Å²) in [7, 11) is 0. The second kappa shape index (κ2) is 11.8. The minimum Gasteiger partial charge on any atom is -0.452 e. The van der Waals surface area contributed by atoms with Gasteiger partial charge in [-0.15, -0.1) is 0 Å². The van der Waals surface area contributed by atoms with E-state index in [1.54, 1.807) is 0 Å². The summed E-state index contributed by atoms with van der Waals surface area (Å²) < 4.78 is 17.4. The summed E-state index contributed by atoms with van der Waals surface area (Å²) in [6, 6.07) is 69.9. The maximum Gasteiger partial charge on any atom is 0.181 e. The first kappa shape index (κ1) is 31.4. The molecule has 4 aromatic heterocycles. The zero-order chi connectivity index (χ0) is 37.9. The molecule has 0 N–H and O–H groups in total. The van der Waals surface area contributed by atoms with Crippen molar-refractivity contribution in [1.82, 2.24) is 9.13 Å². The molecule has 0 saturated heterocycles. The number of aromatic nitrogens is 2. The molecule has 0 saturated carbocycles. The third kappa shape index (κ3) is 4.57. The van der Waals surface area contributed by atoms with Crippen molar-refractivity contribution in [2.75, 3.05) is 0 Å². The molecule has 0 radical (unpaired) electrons. The second-order valence-electron chi connectivity index (χ2n) is 15.4. The molecule has 13 rings (SSSR count). The van der Waals surface area contributed by atoms with Gasteiger partial charge in [0.2, 0.25) is 0 Å². The minimum absolute atomic E-state index is 0.770. The standard InChI is InChI=1S/C54H32N2O2/c1-2-10-33(11-3-1)34-20-23-42(24-21-34)55-47-15-7-4-12-44(47)52-45-13-5-8-16-48(45)56(54(52)55)43-25-22-36-27-39-26-35-18-19-37(28-38(35)29-40(39)30-41(36)31-43)50-32-51-53(58-50)46-14-6-9-17-49(46)57-51/h1-32H. The molecule has 0 atom stereocenters.